The lowest BCUT2D eigenvalue weighted by atomic mass is 9.99. The number of hydrogen-bond donors (Lipinski definition) is 2. The number of anilines is 1. The van der Waals surface area contributed by atoms with E-state index in [1.54, 1.807) is 0 Å². The Balaban J connectivity index is 1.58. The number of nitrogens with one attached hydrogen (secondary N) is 2. The lowest BCUT2D eigenvalue weighted by Crippen LogP contribution is -2.36. The predicted molar refractivity (Wildman–Crippen MR) is 85.9 cm³/mol. The Bertz CT molecular complexity index is 511. The minimum Gasteiger partial charge on any atom is -0.384 e. The maximum absolute atomic E-state index is 12.4. The van der Waals surface area contributed by atoms with Gasteiger partial charge >= 0.3 is 0 Å². The molecule has 21 heavy (non-hydrogen) atoms. The van der Waals surface area contributed by atoms with Gasteiger partial charge in [-0.25, -0.2) is 0 Å². The number of carbonyl (C=O) groups excluding carboxylic acids is 1. The number of rotatable bonds is 6. The third-order valence-electron chi connectivity index (χ3n) is 4.47. The van der Waals surface area contributed by atoms with Crippen LogP contribution >= 0.6 is 0 Å². The molecule has 114 valence electrons. The van der Waals surface area contributed by atoms with Crippen LogP contribution in [0, 0.1) is 0 Å². The Hall–Kier alpha value is -1.55. The van der Waals surface area contributed by atoms with Gasteiger partial charge in [-0.05, 0) is 43.9 Å². The highest BCUT2D eigenvalue weighted by molar-refractivity contribution is 6.00. The standard InChI is InChI=1S/C17H25N3O/c1-2-20(14-8-9-14)12-11-19-17(21)15-7-3-5-13-6-4-10-18-16(13)15/h3,5,7,14,18H,2,4,6,8-12H2,1H3,(H,19,21). The van der Waals surface area contributed by atoms with E-state index in [9.17, 15) is 4.79 Å². The van der Waals surface area contributed by atoms with Crippen LogP contribution in [0.5, 0.6) is 0 Å². The van der Waals surface area contributed by atoms with Crippen LogP contribution in [0.25, 0.3) is 0 Å². The molecule has 1 heterocycles. The van der Waals surface area contributed by atoms with Crippen LogP contribution in [0.3, 0.4) is 0 Å². The first-order chi connectivity index (χ1) is 10.3. The number of nitrogens with zero attached hydrogens (tertiary/aromatic N) is 1. The summed E-state index contributed by atoms with van der Waals surface area (Å²) in [5.41, 5.74) is 3.10. The van der Waals surface area contributed by atoms with E-state index in [2.05, 4.69) is 28.5 Å². The molecule has 0 atom stereocenters. The maximum Gasteiger partial charge on any atom is 0.253 e. The first-order valence-corrected chi connectivity index (χ1v) is 8.17. The van der Waals surface area contributed by atoms with Crippen molar-refractivity contribution in [2.24, 2.45) is 0 Å². The van der Waals surface area contributed by atoms with Crippen molar-refractivity contribution in [2.45, 2.75) is 38.6 Å². The molecule has 0 unspecified atom stereocenters. The minimum atomic E-state index is 0.0492. The van der Waals surface area contributed by atoms with Gasteiger partial charge in [0.25, 0.3) is 5.91 Å². The highest BCUT2D eigenvalue weighted by Crippen LogP contribution is 2.27. The fraction of sp³-hybridized carbons (Fsp3) is 0.588. The van der Waals surface area contributed by atoms with E-state index < -0.39 is 0 Å². The van der Waals surface area contributed by atoms with Crippen molar-refractivity contribution >= 4 is 11.6 Å². The quantitative estimate of drug-likeness (QED) is 0.843. The zero-order valence-corrected chi connectivity index (χ0v) is 12.8. The molecule has 0 spiro atoms. The molecule has 1 saturated carbocycles. The molecule has 2 aliphatic rings. The van der Waals surface area contributed by atoms with Crippen LogP contribution in [-0.4, -0.2) is 43.0 Å². The average Bonchev–Trinajstić information content (AvgIpc) is 3.35. The van der Waals surface area contributed by atoms with Gasteiger partial charge in [-0.1, -0.05) is 19.1 Å². The molecule has 0 saturated heterocycles. The molecule has 0 aromatic heterocycles. The first-order valence-electron chi connectivity index (χ1n) is 8.17. The van der Waals surface area contributed by atoms with Gasteiger partial charge in [0.2, 0.25) is 0 Å². The lowest BCUT2D eigenvalue weighted by Gasteiger charge is -2.22. The Morgan fingerprint density at radius 1 is 1.43 bits per heavy atom. The van der Waals surface area contributed by atoms with Crippen LogP contribution < -0.4 is 10.6 Å². The lowest BCUT2D eigenvalue weighted by molar-refractivity contribution is 0.0948. The van der Waals surface area contributed by atoms with E-state index in [-0.39, 0.29) is 5.91 Å². The van der Waals surface area contributed by atoms with Crippen molar-refractivity contribution in [2.75, 3.05) is 31.5 Å². The van der Waals surface area contributed by atoms with Gasteiger partial charge in [0, 0.05) is 25.7 Å². The van der Waals surface area contributed by atoms with Crippen molar-refractivity contribution in [3.8, 4) is 0 Å². The summed E-state index contributed by atoms with van der Waals surface area (Å²) in [6.45, 7) is 5.91. The van der Waals surface area contributed by atoms with Crippen LogP contribution in [0.15, 0.2) is 18.2 Å². The second-order valence-corrected chi connectivity index (χ2v) is 5.99. The average molecular weight is 287 g/mol. The SMILES string of the molecule is CCN(CCNC(=O)c1cccc2c1NCCC2)C1CC1. The van der Waals surface area contributed by atoms with Crippen molar-refractivity contribution in [1.29, 1.82) is 0 Å². The third kappa shape index (κ3) is 3.38. The van der Waals surface area contributed by atoms with Crippen LogP contribution in [-0.2, 0) is 6.42 Å². The summed E-state index contributed by atoms with van der Waals surface area (Å²) in [7, 11) is 0. The van der Waals surface area contributed by atoms with Crippen molar-refractivity contribution in [3.63, 3.8) is 0 Å². The number of aryl methyl sites for hydroxylation is 1. The van der Waals surface area contributed by atoms with E-state index in [1.807, 2.05) is 12.1 Å². The van der Waals surface area contributed by atoms with Gasteiger partial charge in [0.15, 0.2) is 0 Å². The number of amides is 1. The normalized spacial score (nSPS) is 17.2. The van der Waals surface area contributed by atoms with E-state index in [1.165, 1.54) is 18.4 Å². The van der Waals surface area contributed by atoms with Crippen molar-refractivity contribution in [3.05, 3.63) is 29.3 Å². The summed E-state index contributed by atoms with van der Waals surface area (Å²) in [6.07, 6.45) is 4.84. The molecule has 1 amide bonds. The Kier molecular flexibility index (Phi) is 4.44. The topological polar surface area (TPSA) is 44.4 Å². The largest absolute Gasteiger partial charge is 0.384 e. The summed E-state index contributed by atoms with van der Waals surface area (Å²) >= 11 is 0. The summed E-state index contributed by atoms with van der Waals surface area (Å²) < 4.78 is 0. The summed E-state index contributed by atoms with van der Waals surface area (Å²) in [5.74, 6) is 0.0492. The van der Waals surface area contributed by atoms with E-state index in [0.29, 0.717) is 0 Å². The second-order valence-electron chi connectivity index (χ2n) is 5.99. The second kappa shape index (κ2) is 6.48. The van der Waals surface area contributed by atoms with Crippen molar-refractivity contribution < 1.29 is 4.79 Å². The summed E-state index contributed by atoms with van der Waals surface area (Å²) in [5, 5.41) is 6.46. The Morgan fingerprint density at radius 3 is 3.05 bits per heavy atom. The zero-order chi connectivity index (χ0) is 14.7. The van der Waals surface area contributed by atoms with Gasteiger partial charge in [-0.15, -0.1) is 0 Å². The first kappa shape index (κ1) is 14.4. The summed E-state index contributed by atoms with van der Waals surface area (Å²) in [4.78, 5) is 14.9. The van der Waals surface area contributed by atoms with Crippen LogP contribution in [0.2, 0.25) is 0 Å². The Labute approximate surface area is 126 Å². The molecular formula is C17H25N3O. The molecule has 2 N–H and O–H groups in total. The molecule has 1 aliphatic carbocycles. The van der Waals surface area contributed by atoms with E-state index in [4.69, 9.17) is 0 Å². The zero-order valence-electron chi connectivity index (χ0n) is 12.8. The summed E-state index contributed by atoms with van der Waals surface area (Å²) in [6, 6.07) is 6.79. The number of fused-ring (bicyclic) bond motifs is 1. The molecular weight excluding hydrogens is 262 g/mol. The maximum atomic E-state index is 12.4. The fourth-order valence-corrected chi connectivity index (χ4v) is 3.15. The molecule has 4 nitrogen and oxygen atoms in total. The van der Waals surface area contributed by atoms with E-state index >= 15 is 0 Å². The van der Waals surface area contributed by atoms with Gasteiger partial charge in [0.05, 0.1) is 11.3 Å². The highest BCUT2D eigenvalue weighted by atomic mass is 16.1. The molecule has 3 rings (SSSR count). The molecule has 0 bridgehead atoms. The monoisotopic (exact) mass is 287 g/mol. The molecule has 1 fully saturated rings. The molecule has 1 aromatic carbocycles. The fourth-order valence-electron chi connectivity index (χ4n) is 3.15. The van der Waals surface area contributed by atoms with E-state index in [0.717, 1.165) is 56.3 Å². The predicted octanol–water partition coefficient (Wildman–Crippen LogP) is 2.26. The smallest absolute Gasteiger partial charge is 0.253 e. The van der Waals surface area contributed by atoms with Gasteiger partial charge in [-0.2, -0.15) is 0 Å². The van der Waals surface area contributed by atoms with Gasteiger partial charge in [0.1, 0.15) is 0 Å². The van der Waals surface area contributed by atoms with Crippen LogP contribution in [0.4, 0.5) is 5.69 Å². The molecule has 1 aromatic rings. The highest BCUT2D eigenvalue weighted by Gasteiger charge is 2.27. The number of hydrogen-bond acceptors (Lipinski definition) is 3. The van der Waals surface area contributed by atoms with Gasteiger partial charge < -0.3 is 10.6 Å². The number of likely N-dealkylation sites (N-methyl/N-ethyl adjacent to an activating group) is 1. The van der Waals surface area contributed by atoms with Crippen molar-refractivity contribution in [1.82, 2.24) is 10.2 Å². The van der Waals surface area contributed by atoms with Crippen LogP contribution in [0.1, 0.15) is 42.1 Å². The van der Waals surface area contributed by atoms with Gasteiger partial charge in [-0.3, -0.25) is 9.69 Å². The third-order valence-corrected chi connectivity index (χ3v) is 4.47. The molecule has 1 aliphatic heterocycles. The number of carbonyl (C=O) groups is 1. The molecule has 0 radical (unpaired) electrons. The number of para-hydroxylation sites is 1. The molecule has 4 heteroatoms. The minimum absolute atomic E-state index is 0.0492. The number of benzene rings is 1. The Morgan fingerprint density at radius 2 is 2.29 bits per heavy atom.